The van der Waals surface area contributed by atoms with E-state index in [0.717, 1.165) is 0 Å². The zero-order valence-electron chi connectivity index (χ0n) is 3.22. The van der Waals surface area contributed by atoms with Crippen LogP contribution in [0.2, 0.25) is 0 Å². The maximum absolute atomic E-state index is 8.30. The Morgan fingerprint density at radius 1 is 2.00 bits per heavy atom. The molecule has 0 aliphatic heterocycles. The highest BCUT2D eigenvalue weighted by molar-refractivity contribution is 8.10. The van der Waals surface area contributed by atoms with E-state index in [9.17, 15) is 0 Å². The number of azide groups is 1. The van der Waals surface area contributed by atoms with Crippen molar-refractivity contribution in [1.29, 1.82) is 0 Å². The molecule has 0 aromatic carbocycles. The number of nitrogens with zero attached hydrogens (tertiary/aromatic N) is 3. The van der Waals surface area contributed by atoms with Gasteiger partial charge in [0.05, 0.1) is 0 Å². The Bertz CT molecular complexity index is 140. The first-order valence-electron chi connectivity index (χ1n) is 1.24. The lowest BCUT2D eigenvalue weighted by atomic mass is 13.0. The molecule has 0 aliphatic carbocycles. The molecule has 0 saturated carbocycles. The third kappa shape index (κ3) is 5.88. The summed E-state index contributed by atoms with van der Waals surface area (Å²) < 4.78 is 0. The molecular weight excluding hydrogens is 135 g/mol. The molecule has 0 aliphatic rings. The van der Waals surface area contributed by atoms with E-state index in [4.69, 9.17) is 15.9 Å². The van der Waals surface area contributed by atoms with Crippen LogP contribution in [0.4, 0.5) is 0 Å². The Morgan fingerprint density at radius 2 is 2.43 bits per heavy atom. The quantitative estimate of drug-likeness (QED) is 0.238. The Hall–Kier alpha value is -0.120. The summed E-state index contributed by atoms with van der Waals surface area (Å²) in [6.45, 7) is -3.12. The maximum Gasteiger partial charge on any atom is 0.212 e. The van der Waals surface area contributed by atoms with E-state index in [1.54, 1.807) is 0 Å². The van der Waals surface area contributed by atoms with E-state index >= 15 is 0 Å². The van der Waals surface area contributed by atoms with Gasteiger partial charge in [-0.15, -0.1) is 0 Å². The van der Waals surface area contributed by atoms with Crippen LogP contribution in [0.1, 0.15) is 0 Å². The fourth-order valence-corrected chi connectivity index (χ4v) is 0.270. The monoisotopic (exact) mass is 138 g/mol. The van der Waals surface area contributed by atoms with Crippen LogP contribution in [0.3, 0.4) is 0 Å². The summed E-state index contributed by atoms with van der Waals surface area (Å²) in [5.41, 5.74) is 12.3. The number of hydrogen-bond donors (Lipinski definition) is 2. The first-order valence-corrected chi connectivity index (χ1v) is 4.02. The van der Waals surface area contributed by atoms with Gasteiger partial charge in [0.25, 0.3) is 0 Å². The highest BCUT2D eigenvalue weighted by atomic mass is 32.4. The largest absolute Gasteiger partial charge is 0.350 e. The van der Waals surface area contributed by atoms with Crippen molar-refractivity contribution in [3.8, 4) is 0 Å². The van der Waals surface area contributed by atoms with Gasteiger partial charge in [0.2, 0.25) is 6.57 Å². The van der Waals surface area contributed by atoms with Gasteiger partial charge in [-0.25, -0.2) is 0 Å². The smallest absolute Gasteiger partial charge is 0.212 e. The SMILES string of the molecule is [N-]=[N+]=NP(N)(O)=S. The van der Waals surface area contributed by atoms with Gasteiger partial charge in [-0.3, -0.25) is 5.50 Å². The van der Waals surface area contributed by atoms with E-state index in [0.29, 0.717) is 0 Å². The summed E-state index contributed by atoms with van der Waals surface area (Å²) in [4.78, 5) is 13.2. The van der Waals surface area contributed by atoms with Crippen molar-refractivity contribution in [3.63, 3.8) is 0 Å². The molecule has 0 spiro atoms. The van der Waals surface area contributed by atoms with E-state index in [1.165, 1.54) is 0 Å². The number of nitrogens with two attached hydrogens (primary N) is 1. The van der Waals surface area contributed by atoms with Crippen molar-refractivity contribution in [2.75, 3.05) is 0 Å². The van der Waals surface area contributed by atoms with E-state index in [1.807, 2.05) is 0 Å². The Morgan fingerprint density at radius 3 is 2.43 bits per heavy atom. The second-order valence-electron chi connectivity index (χ2n) is 0.768. The van der Waals surface area contributed by atoms with Gasteiger partial charge in [-0.2, -0.15) is 0 Å². The lowest BCUT2D eigenvalue weighted by Gasteiger charge is -1.92. The van der Waals surface area contributed by atoms with Crippen LogP contribution in [-0.2, 0) is 11.8 Å². The first kappa shape index (κ1) is 6.88. The molecule has 0 aromatic heterocycles. The molecule has 7 heavy (non-hydrogen) atoms. The number of rotatable bonds is 1. The second kappa shape index (κ2) is 2.26. The highest BCUT2D eigenvalue weighted by Crippen LogP contribution is 2.31. The molecule has 0 rings (SSSR count). The molecule has 0 fully saturated rings. The van der Waals surface area contributed by atoms with Gasteiger partial charge >= 0.3 is 0 Å². The molecule has 5 nitrogen and oxygen atoms in total. The molecule has 40 valence electrons. The fourth-order valence-electron chi connectivity index (χ4n) is 0.0573. The van der Waals surface area contributed by atoms with Gasteiger partial charge in [-0.1, -0.05) is 0 Å². The summed E-state index contributed by atoms with van der Waals surface area (Å²) in [5.74, 6) is 0. The Kier molecular flexibility index (Phi) is 2.22. The molecule has 1 unspecified atom stereocenters. The second-order valence-corrected chi connectivity index (χ2v) is 3.74. The molecule has 0 aromatic rings. The summed E-state index contributed by atoms with van der Waals surface area (Å²) in [7, 11) is 0. The van der Waals surface area contributed by atoms with Crippen molar-refractivity contribution in [2.45, 2.75) is 0 Å². The van der Waals surface area contributed by atoms with Crippen LogP contribution >= 0.6 is 6.57 Å². The van der Waals surface area contributed by atoms with Gasteiger partial charge in [0, 0.05) is 4.91 Å². The van der Waals surface area contributed by atoms with E-state index in [-0.39, 0.29) is 0 Å². The average Bonchev–Trinajstić information content (AvgIpc) is 1.30. The highest BCUT2D eigenvalue weighted by Gasteiger charge is 1.95. The standard InChI is InChI=1S/H3N4OPS/c1-3-4-6(2,5)7/h(H3,2,5,7). The van der Waals surface area contributed by atoms with E-state index in [2.05, 4.69) is 21.6 Å². The maximum atomic E-state index is 8.30. The van der Waals surface area contributed by atoms with Crippen LogP contribution < -0.4 is 5.50 Å². The van der Waals surface area contributed by atoms with Crippen LogP contribution in [0.5, 0.6) is 0 Å². The topological polar surface area (TPSA) is 95.0 Å². The summed E-state index contributed by atoms with van der Waals surface area (Å²) in [6.07, 6.45) is 0. The molecule has 0 radical (unpaired) electrons. The van der Waals surface area contributed by atoms with Crippen molar-refractivity contribution in [1.82, 2.24) is 0 Å². The predicted octanol–water partition coefficient (Wildman–Crippen LogP) is 0.472. The first-order chi connectivity index (χ1) is 3.06. The molecule has 1 atom stereocenters. The summed E-state index contributed by atoms with van der Waals surface area (Å²) in [5, 5.41) is 0. The van der Waals surface area contributed by atoms with Crippen LogP contribution in [0, 0.1) is 0 Å². The van der Waals surface area contributed by atoms with Gasteiger partial charge < -0.3 is 4.89 Å². The van der Waals surface area contributed by atoms with Crippen LogP contribution in [-0.4, -0.2) is 4.89 Å². The molecule has 0 saturated heterocycles. The van der Waals surface area contributed by atoms with Crippen LogP contribution in [0.15, 0.2) is 4.88 Å². The molecule has 3 N–H and O–H groups in total. The van der Waals surface area contributed by atoms with Crippen molar-refractivity contribution in [2.24, 2.45) is 10.4 Å². The minimum atomic E-state index is -3.12. The molecule has 0 amide bonds. The minimum absolute atomic E-state index is 2.20. The minimum Gasteiger partial charge on any atom is -0.350 e. The third-order valence-corrected chi connectivity index (χ3v) is 0.724. The Balaban J connectivity index is 4.10. The van der Waals surface area contributed by atoms with E-state index < -0.39 is 6.57 Å². The van der Waals surface area contributed by atoms with Crippen molar-refractivity contribution in [3.05, 3.63) is 10.4 Å². The Labute approximate surface area is 45.0 Å². The predicted molar refractivity (Wildman–Crippen MR) is 29.8 cm³/mol. The van der Waals surface area contributed by atoms with Crippen molar-refractivity contribution >= 4 is 18.4 Å². The summed E-state index contributed by atoms with van der Waals surface area (Å²) >= 11 is 4.11. The molecule has 0 bridgehead atoms. The summed E-state index contributed by atoms with van der Waals surface area (Å²) in [6, 6.07) is 0. The average molecular weight is 138 g/mol. The molecule has 7 heteroatoms. The van der Waals surface area contributed by atoms with Gasteiger partial charge in [-0.05, 0) is 22.2 Å². The van der Waals surface area contributed by atoms with Gasteiger partial charge in [0.15, 0.2) is 0 Å². The van der Waals surface area contributed by atoms with Crippen LogP contribution in [0.25, 0.3) is 10.4 Å². The molecule has 0 heterocycles. The zero-order valence-corrected chi connectivity index (χ0v) is 4.93. The lowest BCUT2D eigenvalue weighted by molar-refractivity contribution is 0.624. The van der Waals surface area contributed by atoms with Crippen molar-refractivity contribution < 1.29 is 4.89 Å². The molecular formula is H3N4OPS. The third-order valence-electron chi connectivity index (χ3n) is 0.168. The number of hydrogen-bond acceptors (Lipinski definition) is 1. The normalized spacial score (nSPS) is 16.9. The fraction of sp³-hybridized carbons (Fsp3) is 0. The lowest BCUT2D eigenvalue weighted by Crippen LogP contribution is -1.84. The van der Waals surface area contributed by atoms with Gasteiger partial charge in [0.1, 0.15) is 0 Å². The zero-order chi connectivity index (χ0) is 5.91.